The molecule has 7 nitrogen and oxygen atoms in total. The molecule has 17 heavy (non-hydrogen) atoms. The number of pyridine rings is 1. The highest BCUT2D eigenvalue weighted by atomic mass is 32.2. The molecule has 1 heterocycles. The van der Waals surface area contributed by atoms with Gasteiger partial charge in [-0.15, -0.1) is 0 Å². The van der Waals surface area contributed by atoms with Crippen molar-refractivity contribution in [2.75, 3.05) is 0 Å². The molecule has 0 aliphatic heterocycles. The van der Waals surface area contributed by atoms with E-state index in [4.69, 9.17) is 15.0 Å². The van der Waals surface area contributed by atoms with Crippen molar-refractivity contribution in [2.24, 2.45) is 5.14 Å². The van der Waals surface area contributed by atoms with Gasteiger partial charge in [0.1, 0.15) is 0 Å². The third-order valence-corrected chi connectivity index (χ3v) is 3.00. The molecule has 92 valence electrons. The number of hydrogen-bond acceptors (Lipinski definition) is 5. The molecule has 1 fully saturated rings. The van der Waals surface area contributed by atoms with Crippen molar-refractivity contribution in [3.8, 4) is 5.75 Å². The lowest BCUT2D eigenvalue weighted by Crippen LogP contribution is -2.17. The first kappa shape index (κ1) is 11.8. The fourth-order valence-electron chi connectivity index (χ4n) is 1.21. The fraction of sp³-hybridized carbons (Fsp3) is 0.333. The molecule has 1 aliphatic rings. The van der Waals surface area contributed by atoms with E-state index in [0.29, 0.717) is 0 Å². The molecule has 0 radical (unpaired) electrons. The lowest BCUT2D eigenvalue weighted by molar-refractivity contribution is 0.0695. The Balaban J connectivity index is 2.47. The minimum Gasteiger partial charge on any atom is -0.487 e. The summed E-state index contributed by atoms with van der Waals surface area (Å²) in [4.78, 5) is 14.3. The highest BCUT2D eigenvalue weighted by Gasteiger charge is 2.28. The van der Waals surface area contributed by atoms with Crippen LogP contribution in [0.1, 0.15) is 23.2 Å². The summed E-state index contributed by atoms with van der Waals surface area (Å²) < 4.78 is 27.7. The van der Waals surface area contributed by atoms with Gasteiger partial charge in [-0.05, 0) is 18.9 Å². The maximum atomic E-state index is 11.2. The second-order valence-electron chi connectivity index (χ2n) is 3.69. The summed E-state index contributed by atoms with van der Waals surface area (Å²) in [6.07, 6.45) is 2.46. The maximum Gasteiger partial charge on any atom is 0.337 e. The van der Waals surface area contributed by atoms with Crippen LogP contribution in [0.4, 0.5) is 0 Å². The average Bonchev–Trinajstić information content (AvgIpc) is 2.99. The molecule has 1 aliphatic carbocycles. The number of aromatic carboxylic acids is 1. The van der Waals surface area contributed by atoms with Crippen molar-refractivity contribution in [1.82, 2.24) is 4.98 Å². The van der Waals surface area contributed by atoms with E-state index in [1.54, 1.807) is 0 Å². The van der Waals surface area contributed by atoms with Gasteiger partial charge in [0, 0.05) is 6.20 Å². The van der Waals surface area contributed by atoms with Crippen LogP contribution >= 0.6 is 0 Å². The fourth-order valence-corrected chi connectivity index (χ4v) is 1.80. The molecule has 0 spiro atoms. The summed E-state index contributed by atoms with van der Waals surface area (Å²) in [5.41, 5.74) is -0.145. The number of sulfonamides is 1. The van der Waals surface area contributed by atoms with E-state index in [0.717, 1.165) is 25.1 Å². The van der Waals surface area contributed by atoms with Crippen molar-refractivity contribution in [1.29, 1.82) is 0 Å². The Morgan fingerprint density at radius 2 is 2.18 bits per heavy atom. The predicted molar refractivity (Wildman–Crippen MR) is 56.2 cm³/mol. The zero-order chi connectivity index (χ0) is 12.6. The number of carbonyl (C=O) groups is 1. The second-order valence-corrected chi connectivity index (χ2v) is 5.17. The first-order valence-electron chi connectivity index (χ1n) is 4.81. The quantitative estimate of drug-likeness (QED) is 0.782. The zero-order valence-corrected chi connectivity index (χ0v) is 9.48. The van der Waals surface area contributed by atoms with Gasteiger partial charge < -0.3 is 9.84 Å². The minimum absolute atomic E-state index is 0.0821. The average molecular weight is 258 g/mol. The maximum absolute atomic E-state index is 11.2. The van der Waals surface area contributed by atoms with Gasteiger partial charge in [0.15, 0.2) is 5.75 Å². The van der Waals surface area contributed by atoms with Crippen LogP contribution in [-0.2, 0) is 10.0 Å². The molecule has 0 bridgehead atoms. The van der Waals surface area contributed by atoms with Crippen molar-refractivity contribution < 1.29 is 23.1 Å². The highest BCUT2D eigenvalue weighted by Crippen LogP contribution is 2.30. The molecule has 1 aromatic heterocycles. The van der Waals surface area contributed by atoms with Gasteiger partial charge in [-0.2, -0.15) is 0 Å². The Labute approximate surface area is 97.3 Å². The van der Waals surface area contributed by atoms with Gasteiger partial charge in [-0.3, -0.25) is 0 Å². The molecule has 8 heteroatoms. The highest BCUT2D eigenvalue weighted by molar-refractivity contribution is 7.89. The lowest BCUT2D eigenvalue weighted by atomic mass is 10.3. The molecule has 2 rings (SSSR count). The van der Waals surface area contributed by atoms with Gasteiger partial charge in [0.25, 0.3) is 10.0 Å². The van der Waals surface area contributed by atoms with Crippen LogP contribution in [0.5, 0.6) is 5.75 Å². The number of carboxylic acids is 1. The molecule has 0 saturated heterocycles. The standard InChI is InChI=1S/C9H10N2O5S/c10-17(14,15)8-7(16-6-1-2-6)3-5(4-11-8)9(12)13/h3-4,6H,1-2H2,(H,12,13)(H2,10,14,15). The Morgan fingerprint density at radius 1 is 1.53 bits per heavy atom. The summed E-state index contributed by atoms with van der Waals surface area (Å²) in [6.45, 7) is 0. The van der Waals surface area contributed by atoms with Gasteiger partial charge in [-0.25, -0.2) is 23.3 Å². The van der Waals surface area contributed by atoms with Gasteiger partial charge in [0.2, 0.25) is 5.03 Å². The molecule has 0 amide bonds. The van der Waals surface area contributed by atoms with Crippen LogP contribution in [0.2, 0.25) is 0 Å². The Morgan fingerprint density at radius 3 is 2.65 bits per heavy atom. The van der Waals surface area contributed by atoms with E-state index >= 15 is 0 Å². The first-order valence-corrected chi connectivity index (χ1v) is 6.35. The number of rotatable bonds is 4. The first-order chi connectivity index (χ1) is 7.88. The van der Waals surface area contributed by atoms with Crippen LogP contribution in [0.3, 0.4) is 0 Å². The van der Waals surface area contributed by atoms with Gasteiger partial charge in [0.05, 0.1) is 11.7 Å². The van der Waals surface area contributed by atoms with Crippen LogP contribution in [0.15, 0.2) is 17.3 Å². The van der Waals surface area contributed by atoms with E-state index in [1.165, 1.54) is 0 Å². The van der Waals surface area contributed by atoms with Crippen LogP contribution in [0.25, 0.3) is 0 Å². The number of hydrogen-bond donors (Lipinski definition) is 2. The smallest absolute Gasteiger partial charge is 0.337 e. The van der Waals surface area contributed by atoms with Crippen molar-refractivity contribution in [3.63, 3.8) is 0 Å². The van der Waals surface area contributed by atoms with E-state index in [9.17, 15) is 13.2 Å². The molecule has 1 saturated carbocycles. The number of ether oxygens (including phenoxy) is 1. The zero-order valence-electron chi connectivity index (χ0n) is 8.66. The largest absolute Gasteiger partial charge is 0.487 e. The van der Waals surface area contributed by atoms with Crippen LogP contribution < -0.4 is 9.88 Å². The number of nitrogens with two attached hydrogens (primary N) is 1. The van der Waals surface area contributed by atoms with Gasteiger partial charge >= 0.3 is 5.97 Å². The van der Waals surface area contributed by atoms with Crippen molar-refractivity contribution >= 4 is 16.0 Å². The van der Waals surface area contributed by atoms with E-state index < -0.39 is 21.0 Å². The Hall–Kier alpha value is -1.67. The summed E-state index contributed by atoms with van der Waals surface area (Å²) in [5.74, 6) is -1.31. The van der Waals surface area contributed by atoms with E-state index in [2.05, 4.69) is 4.98 Å². The molecular formula is C9H10N2O5S. The number of primary sulfonamides is 1. The predicted octanol–water partition coefficient (Wildman–Crippen LogP) is -0.0316. The topological polar surface area (TPSA) is 120 Å². The van der Waals surface area contributed by atoms with Crippen LogP contribution in [0, 0.1) is 0 Å². The number of carboxylic acid groups (broad SMARTS) is 1. The Kier molecular flexibility index (Phi) is 2.76. The van der Waals surface area contributed by atoms with Crippen molar-refractivity contribution in [3.05, 3.63) is 17.8 Å². The van der Waals surface area contributed by atoms with E-state index in [-0.39, 0.29) is 17.4 Å². The monoisotopic (exact) mass is 258 g/mol. The molecular weight excluding hydrogens is 248 g/mol. The van der Waals surface area contributed by atoms with Crippen LogP contribution in [-0.4, -0.2) is 30.6 Å². The Bertz CT molecular complexity index is 565. The van der Waals surface area contributed by atoms with Gasteiger partial charge in [-0.1, -0.05) is 0 Å². The molecule has 0 unspecified atom stereocenters. The second kappa shape index (κ2) is 3.97. The molecule has 0 aromatic carbocycles. The third-order valence-electron chi connectivity index (χ3n) is 2.15. The van der Waals surface area contributed by atoms with Crippen molar-refractivity contribution in [2.45, 2.75) is 24.0 Å². The third kappa shape index (κ3) is 2.71. The number of aromatic nitrogens is 1. The summed E-state index contributed by atoms with van der Waals surface area (Å²) in [6, 6.07) is 1.12. The normalized spacial score (nSPS) is 15.6. The van der Waals surface area contributed by atoms with E-state index in [1.807, 2.05) is 0 Å². The minimum atomic E-state index is -4.02. The summed E-state index contributed by atoms with van der Waals surface area (Å²) in [5, 5.41) is 13.3. The molecule has 3 N–H and O–H groups in total. The summed E-state index contributed by atoms with van der Waals surface area (Å²) in [7, 11) is -4.02. The molecule has 1 aromatic rings. The SMILES string of the molecule is NS(=O)(=O)c1ncc(C(=O)O)cc1OC1CC1. The lowest BCUT2D eigenvalue weighted by Gasteiger charge is -2.08. The molecule has 0 atom stereocenters. The number of nitrogens with zero attached hydrogens (tertiary/aromatic N) is 1. The summed E-state index contributed by atoms with van der Waals surface area (Å²) >= 11 is 0.